The Bertz CT molecular complexity index is 419. The maximum absolute atomic E-state index is 5.75. The summed E-state index contributed by atoms with van der Waals surface area (Å²) < 4.78 is 13.4. The zero-order valence-electron chi connectivity index (χ0n) is 13.1. The molecule has 114 valence electrons. The summed E-state index contributed by atoms with van der Waals surface area (Å²) in [5.74, 6) is 1.36. The lowest BCUT2D eigenvalue weighted by atomic mass is 9.93. The van der Waals surface area contributed by atoms with Crippen molar-refractivity contribution < 1.29 is 9.47 Å². The quantitative estimate of drug-likeness (QED) is 0.833. The van der Waals surface area contributed by atoms with Crippen LogP contribution in [0.15, 0.2) is 6.20 Å². The van der Waals surface area contributed by atoms with Crippen molar-refractivity contribution in [3.8, 4) is 5.75 Å². The Morgan fingerprint density at radius 1 is 1.55 bits per heavy atom. The number of nitrogens with one attached hydrogen (secondary N) is 1. The molecule has 5 nitrogen and oxygen atoms in total. The van der Waals surface area contributed by atoms with Crippen molar-refractivity contribution in [3.05, 3.63) is 11.9 Å². The van der Waals surface area contributed by atoms with Crippen LogP contribution in [0.3, 0.4) is 0 Å². The molecular weight excluding hydrogens is 254 g/mol. The molecule has 1 saturated heterocycles. The molecule has 20 heavy (non-hydrogen) atoms. The molecule has 1 aliphatic rings. The van der Waals surface area contributed by atoms with Crippen LogP contribution in [0.25, 0.3) is 0 Å². The predicted molar refractivity (Wildman–Crippen MR) is 79.0 cm³/mol. The zero-order chi connectivity index (χ0) is 14.5. The fourth-order valence-corrected chi connectivity index (χ4v) is 3.03. The Hall–Kier alpha value is -1.07. The number of hydrogen-bond donors (Lipinski definition) is 1. The largest absolute Gasteiger partial charge is 0.493 e. The first-order valence-corrected chi connectivity index (χ1v) is 7.65. The molecule has 5 heteroatoms. The van der Waals surface area contributed by atoms with Gasteiger partial charge in [-0.1, -0.05) is 13.8 Å². The Labute approximate surface area is 121 Å². The van der Waals surface area contributed by atoms with Crippen LogP contribution < -0.4 is 10.1 Å². The summed E-state index contributed by atoms with van der Waals surface area (Å²) in [6.45, 7) is 9.10. The number of rotatable bonds is 7. The number of nitrogens with zero attached hydrogens (tertiary/aromatic N) is 2. The highest BCUT2D eigenvalue weighted by Gasteiger charge is 2.34. The first-order valence-electron chi connectivity index (χ1n) is 7.65. The molecule has 1 fully saturated rings. The number of aryl methyl sites for hydroxylation is 1. The molecule has 1 aromatic rings. The van der Waals surface area contributed by atoms with Crippen LogP contribution in [0, 0.1) is 5.92 Å². The zero-order valence-corrected chi connectivity index (χ0v) is 13.1. The predicted octanol–water partition coefficient (Wildman–Crippen LogP) is 2.38. The third-order valence-corrected chi connectivity index (χ3v) is 3.92. The van der Waals surface area contributed by atoms with E-state index in [-0.39, 0.29) is 6.04 Å². The highest BCUT2D eigenvalue weighted by Crippen LogP contribution is 2.36. The maximum atomic E-state index is 5.75. The molecule has 0 aliphatic carbocycles. The lowest BCUT2D eigenvalue weighted by molar-refractivity contribution is 0.116. The van der Waals surface area contributed by atoms with Crippen LogP contribution in [0.5, 0.6) is 5.75 Å². The Kier molecular flexibility index (Phi) is 5.43. The monoisotopic (exact) mass is 281 g/mol. The van der Waals surface area contributed by atoms with Gasteiger partial charge in [0.15, 0.2) is 5.75 Å². The van der Waals surface area contributed by atoms with Crippen molar-refractivity contribution >= 4 is 0 Å². The van der Waals surface area contributed by atoms with Gasteiger partial charge in [-0.2, -0.15) is 5.10 Å². The van der Waals surface area contributed by atoms with Gasteiger partial charge in [0.25, 0.3) is 0 Å². The van der Waals surface area contributed by atoms with Gasteiger partial charge in [0, 0.05) is 12.5 Å². The molecule has 0 aromatic carbocycles. The minimum absolute atomic E-state index is 0.244. The van der Waals surface area contributed by atoms with Gasteiger partial charge in [0.2, 0.25) is 0 Å². The van der Waals surface area contributed by atoms with Gasteiger partial charge >= 0.3 is 0 Å². The molecule has 2 rings (SSSR count). The number of ether oxygens (including phenoxy) is 2. The maximum Gasteiger partial charge on any atom is 0.161 e. The molecule has 1 aliphatic heterocycles. The molecule has 1 aromatic heterocycles. The topological polar surface area (TPSA) is 48.3 Å². The molecule has 0 radical (unpaired) electrons. The fourth-order valence-electron chi connectivity index (χ4n) is 3.03. The van der Waals surface area contributed by atoms with E-state index in [4.69, 9.17) is 9.47 Å². The van der Waals surface area contributed by atoms with E-state index < -0.39 is 0 Å². The van der Waals surface area contributed by atoms with Crippen molar-refractivity contribution in [1.82, 2.24) is 15.1 Å². The van der Waals surface area contributed by atoms with Gasteiger partial charge in [-0.25, -0.2) is 0 Å². The fraction of sp³-hybridized carbons (Fsp3) is 0.800. The van der Waals surface area contributed by atoms with Crippen LogP contribution in [0.4, 0.5) is 0 Å². The van der Waals surface area contributed by atoms with Gasteiger partial charge in [-0.3, -0.25) is 4.68 Å². The van der Waals surface area contributed by atoms with Gasteiger partial charge in [-0.15, -0.1) is 0 Å². The normalized spacial score (nSPS) is 24.0. The molecule has 3 atom stereocenters. The molecular formula is C15H27N3O2. The molecule has 3 unspecified atom stereocenters. The second kappa shape index (κ2) is 7.09. The molecule has 0 saturated carbocycles. The highest BCUT2D eigenvalue weighted by molar-refractivity contribution is 5.29. The van der Waals surface area contributed by atoms with E-state index in [2.05, 4.69) is 35.9 Å². The van der Waals surface area contributed by atoms with Crippen molar-refractivity contribution in [1.29, 1.82) is 0 Å². The summed E-state index contributed by atoms with van der Waals surface area (Å²) >= 11 is 0. The van der Waals surface area contributed by atoms with Crippen LogP contribution in [0.1, 0.15) is 45.3 Å². The third kappa shape index (κ3) is 3.15. The molecule has 0 amide bonds. The summed E-state index contributed by atoms with van der Waals surface area (Å²) in [4.78, 5) is 0. The van der Waals surface area contributed by atoms with Crippen LogP contribution in [-0.4, -0.2) is 36.1 Å². The molecule has 2 heterocycles. The minimum atomic E-state index is 0.244. The molecule has 0 spiro atoms. The second-order valence-corrected chi connectivity index (χ2v) is 5.50. The van der Waals surface area contributed by atoms with Crippen LogP contribution >= 0.6 is 0 Å². The van der Waals surface area contributed by atoms with E-state index in [1.807, 2.05) is 6.20 Å². The van der Waals surface area contributed by atoms with E-state index in [0.29, 0.717) is 12.0 Å². The second-order valence-electron chi connectivity index (χ2n) is 5.50. The summed E-state index contributed by atoms with van der Waals surface area (Å²) in [7, 11) is 1.72. The highest BCUT2D eigenvalue weighted by atomic mass is 16.5. The van der Waals surface area contributed by atoms with Crippen molar-refractivity contribution in [2.75, 3.05) is 20.3 Å². The van der Waals surface area contributed by atoms with Gasteiger partial charge in [0.1, 0.15) is 0 Å². The lowest BCUT2D eigenvalue weighted by Gasteiger charge is -2.25. The smallest absolute Gasteiger partial charge is 0.161 e. The van der Waals surface area contributed by atoms with Crippen LogP contribution in [-0.2, 0) is 11.3 Å². The average molecular weight is 281 g/mol. The Morgan fingerprint density at radius 3 is 2.90 bits per heavy atom. The first-order chi connectivity index (χ1) is 9.71. The number of aromatic nitrogens is 2. The Balaban J connectivity index is 2.29. The summed E-state index contributed by atoms with van der Waals surface area (Å²) in [6, 6.07) is 0.244. The lowest BCUT2D eigenvalue weighted by Crippen LogP contribution is -2.31. The van der Waals surface area contributed by atoms with E-state index >= 15 is 0 Å². The number of methoxy groups -OCH3 is 1. The average Bonchev–Trinajstić information content (AvgIpc) is 3.03. The van der Waals surface area contributed by atoms with E-state index in [9.17, 15) is 0 Å². The Morgan fingerprint density at radius 2 is 2.35 bits per heavy atom. The first kappa shape index (κ1) is 15.3. The summed E-state index contributed by atoms with van der Waals surface area (Å²) in [6.07, 6.45) is 4.32. The summed E-state index contributed by atoms with van der Waals surface area (Å²) in [5, 5.41) is 8.08. The molecule has 0 bridgehead atoms. The van der Waals surface area contributed by atoms with Crippen LogP contribution in [0.2, 0.25) is 0 Å². The van der Waals surface area contributed by atoms with Crippen molar-refractivity contribution in [3.63, 3.8) is 0 Å². The van der Waals surface area contributed by atoms with Gasteiger partial charge in [0.05, 0.1) is 37.8 Å². The van der Waals surface area contributed by atoms with Crippen molar-refractivity contribution in [2.45, 2.75) is 52.3 Å². The van der Waals surface area contributed by atoms with E-state index in [1.54, 1.807) is 7.11 Å². The third-order valence-electron chi connectivity index (χ3n) is 3.92. The SMILES string of the molecule is CCCn1ncc(OC)c1C(NCC)C1COC(C)C1. The van der Waals surface area contributed by atoms with E-state index in [0.717, 1.165) is 38.3 Å². The van der Waals surface area contributed by atoms with Crippen molar-refractivity contribution in [2.24, 2.45) is 5.92 Å². The standard InChI is InChI=1S/C15H27N3O2/c1-5-7-18-15(13(19-4)9-17-18)14(16-6-2)12-8-11(3)20-10-12/h9,11-12,14,16H,5-8,10H2,1-4H3. The summed E-state index contributed by atoms with van der Waals surface area (Å²) in [5.41, 5.74) is 1.17. The van der Waals surface area contributed by atoms with Gasteiger partial charge in [-0.05, 0) is 26.3 Å². The molecule has 1 N–H and O–H groups in total. The van der Waals surface area contributed by atoms with Gasteiger partial charge < -0.3 is 14.8 Å². The minimum Gasteiger partial charge on any atom is -0.493 e. The number of hydrogen-bond acceptors (Lipinski definition) is 4. The van der Waals surface area contributed by atoms with E-state index in [1.165, 1.54) is 5.69 Å².